The summed E-state index contributed by atoms with van der Waals surface area (Å²) in [6.07, 6.45) is 0.0690. The summed E-state index contributed by atoms with van der Waals surface area (Å²) < 4.78 is 29.8. The van der Waals surface area contributed by atoms with E-state index in [0.29, 0.717) is 27.2 Å². The van der Waals surface area contributed by atoms with Crippen LogP contribution in [0.5, 0.6) is 0 Å². The number of primary sulfonamides is 1. The molecule has 0 radical (unpaired) electrons. The van der Waals surface area contributed by atoms with Gasteiger partial charge in [0.2, 0.25) is 10.0 Å². The Bertz CT molecular complexity index is 1530. The molecule has 168 valence electrons. The van der Waals surface area contributed by atoms with Crippen LogP contribution in [0.15, 0.2) is 82.5 Å². The lowest BCUT2D eigenvalue weighted by molar-refractivity contribution is 0.0590. The molecule has 0 unspecified atom stereocenters. The van der Waals surface area contributed by atoms with Crippen LogP contribution in [0.3, 0.4) is 0 Å². The molecule has 0 saturated heterocycles. The minimum absolute atomic E-state index is 0.0470. The number of rotatable bonds is 5. The lowest BCUT2D eigenvalue weighted by Gasteiger charge is -2.19. The summed E-state index contributed by atoms with van der Waals surface area (Å²) in [6.45, 7) is 0. The molecular formula is C24H19ClN2O5S. The summed E-state index contributed by atoms with van der Waals surface area (Å²) >= 11 is 6.23. The molecule has 4 rings (SSSR count). The fourth-order valence-corrected chi connectivity index (χ4v) is 4.41. The number of ether oxygens (including phenoxy) is 1. The molecule has 0 aliphatic rings. The molecule has 0 atom stereocenters. The zero-order valence-corrected chi connectivity index (χ0v) is 19.1. The van der Waals surface area contributed by atoms with E-state index in [1.807, 2.05) is 30.3 Å². The quantitative estimate of drug-likeness (QED) is 0.436. The monoisotopic (exact) mass is 482 g/mol. The molecule has 9 heteroatoms. The van der Waals surface area contributed by atoms with Crippen molar-refractivity contribution < 1.29 is 17.9 Å². The number of methoxy groups -OCH3 is 1. The highest BCUT2D eigenvalue weighted by atomic mass is 35.5. The van der Waals surface area contributed by atoms with Crippen molar-refractivity contribution in [2.45, 2.75) is 11.3 Å². The van der Waals surface area contributed by atoms with Gasteiger partial charge in [0, 0.05) is 28.1 Å². The van der Waals surface area contributed by atoms with Crippen LogP contribution in [0, 0.1) is 0 Å². The Morgan fingerprint density at radius 3 is 2.30 bits per heavy atom. The number of carbonyl (C=O) groups is 1. The normalized spacial score (nSPS) is 11.5. The Hall–Kier alpha value is -3.46. The van der Waals surface area contributed by atoms with Crippen LogP contribution < -0.4 is 10.6 Å². The molecule has 0 aliphatic carbocycles. The Morgan fingerprint density at radius 2 is 1.70 bits per heavy atom. The second-order valence-electron chi connectivity index (χ2n) is 7.35. The Kier molecular flexibility index (Phi) is 6.07. The molecule has 0 bridgehead atoms. The third-order valence-electron chi connectivity index (χ3n) is 5.25. The summed E-state index contributed by atoms with van der Waals surface area (Å²) in [7, 11) is -2.61. The highest BCUT2D eigenvalue weighted by Gasteiger charge is 2.24. The number of halogens is 1. The molecule has 0 amide bonds. The van der Waals surface area contributed by atoms with E-state index in [9.17, 15) is 18.0 Å². The van der Waals surface area contributed by atoms with Gasteiger partial charge in [0.25, 0.3) is 0 Å². The average molecular weight is 483 g/mol. The zero-order chi connectivity index (χ0) is 23.8. The predicted molar refractivity (Wildman–Crippen MR) is 127 cm³/mol. The van der Waals surface area contributed by atoms with Gasteiger partial charge in [-0.1, -0.05) is 41.9 Å². The van der Waals surface area contributed by atoms with Gasteiger partial charge in [0.1, 0.15) is 5.69 Å². The van der Waals surface area contributed by atoms with Gasteiger partial charge in [0.05, 0.1) is 17.5 Å². The summed E-state index contributed by atoms with van der Waals surface area (Å²) in [5.41, 5.74) is 1.67. The van der Waals surface area contributed by atoms with Gasteiger partial charge in [0.15, 0.2) is 5.43 Å². The zero-order valence-electron chi connectivity index (χ0n) is 17.5. The van der Waals surface area contributed by atoms with Gasteiger partial charge in [-0.25, -0.2) is 18.4 Å². The molecule has 0 aliphatic heterocycles. The van der Waals surface area contributed by atoms with E-state index in [1.165, 1.54) is 19.2 Å². The first-order valence-corrected chi connectivity index (χ1v) is 11.8. The maximum Gasteiger partial charge on any atom is 0.355 e. The van der Waals surface area contributed by atoms with E-state index in [1.54, 1.807) is 34.9 Å². The number of benzene rings is 3. The number of para-hydroxylation sites is 1. The Morgan fingerprint density at radius 1 is 1.03 bits per heavy atom. The molecular weight excluding hydrogens is 464 g/mol. The maximum absolute atomic E-state index is 13.5. The first kappa shape index (κ1) is 22.7. The molecule has 0 spiro atoms. The van der Waals surface area contributed by atoms with E-state index in [4.69, 9.17) is 21.5 Å². The van der Waals surface area contributed by atoms with Gasteiger partial charge >= 0.3 is 5.97 Å². The van der Waals surface area contributed by atoms with Crippen LogP contribution in [-0.4, -0.2) is 26.1 Å². The van der Waals surface area contributed by atoms with E-state index in [2.05, 4.69) is 0 Å². The fourth-order valence-electron chi connectivity index (χ4n) is 3.73. The third kappa shape index (κ3) is 4.41. The molecule has 0 saturated carbocycles. The average Bonchev–Trinajstić information content (AvgIpc) is 2.80. The van der Waals surface area contributed by atoms with Gasteiger partial charge in [-0.3, -0.25) is 4.79 Å². The first-order chi connectivity index (χ1) is 15.7. The number of pyridine rings is 1. The first-order valence-electron chi connectivity index (χ1n) is 9.83. The van der Waals surface area contributed by atoms with E-state index in [0.717, 1.165) is 0 Å². The molecule has 4 aromatic rings. The van der Waals surface area contributed by atoms with Gasteiger partial charge in [-0.2, -0.15) is 0 Å². The smallest absolute Gasteiger partial charge is 0.355 e. The van der Waals surface area contributed by atoms with E-state index < -0.39 is 16.0 Å². The van der Waals surface area contributed by atoms with Crippen LogP contribution in [-0.2, 0) is 21.2 Å². The lowest BCUT2D eigenvalue weighted by atomic mass is 9.99. The summed E-state index contributed by atoms with van der Waals surface area (Å²) in [5, 5.41) is 5.96. The summed E-state index contributed by atoms with van der Waals surface area (Å²) in [6, 6.07) is 19.8. The maximum atomic E-state index is 13.5. The standard InChI is InChI=1S/C24H19ClN2O5S/c1-32-24(29)22-20(13-15-7-10-18(11-8-15)33(26,30)31)23(28)19-12-9-16(25)14-21(19)27(22)17-5-3-2-4-6-17/h2-12,14H,13H2,1H3,(H2,26,30,31). The summed E-state index contributed by atoms with van der Waals surface area (Å²) in [4.78, 5) is 26.4. The van der Waals surface area contributed by atoms with Crippen molar-refractivity contribution >= 4 is 38.5 Å². The van der Waals surface area contributed by atoms with Crippen LogP contribution in [0.2, 0.25) is 5.02 Å². The molecule has 0 fully saturated rings. The number of hydrogen-bond acceptors (Lipinski definition) is 5. The van der Waals surface area contributed by atoms with Gasteiger partial charge in [-0.05, 0) is 48.0 Å². The number of carbonyl (C=O) groups excluding carboxylic acids is 1. The Labute approximate surface area is 195 Å². The van der Waals surface area contributed by atoms with Crippen LogP contribution >= 0.6 is 11.6 Å². The highest BCUT2D eigenvalue weighted by Crippen LogP contribution is 2.26. The minimum Gasteiger partial charge on any atom is -0.464 e. The lowest BCUT2D eigenvalue weighted by Crippen LogP contribution is -2.24. The van der Waals surface area contributed by atoms with Crippen molar-refractivity contribution in [3.05, 3.63) is 105 Å². The van der Waals surface area contributed by atoms with Gasteiger partial charge < -0.3 is 9.30 Å². The van der Waals surface area contributed by atoms with Crippen LogP contribution in [0.25, 0.3) is 16.6 Å². The largest absolute Gasteiger partial charge is 0.464 e. The number of esters is 1. The van der Waals surface area contributed by atoms with Gasteiger partial charge in [-0.15, -0.1) is 0 Å². The molecule has 1 aromatic heterocycles. The topological polar surface area (TPSA) is 108 Å². The van der Waals surface area contributed by atoms with Crippen molar-refractivity contribution in [1.29, 1.82) is 0 Å². The third-order valence-corrected chi connectivity index (χ3v) is 6.42. The van der Waals surface area contributed by atoms with Crippen LogP contribution in [0.4, 0.5) is 0 Å². The Balaban J connectivity index is 2.03. The van der Waals surface area contributed by atoms with Crippen molar-refractivity contribution in [2.24, 2.45) is 5.14 Å². The van der Waals surface area contributed by atoms with E-state index in [-0.39, 0.29) is 28.0 Å². The SMILES string of the molecule is COC(=O)c1c(Cc2ccc(S(N)(=O)=O)cc2)c(=O)c2ccc(Cl)cc2n1-c1ccccc1. The molecule has 33 heavy (non-hydrogen) atoms. The fraction of sp³-hybridized carbons (Fsp3) is 0.0833. The van der Waals surface area contributed by atoms with Crippen molar-refractivity contribution in [3.63, 3.8) is 0 Å². The number of sulfonamides is 1. The molecule has 3 aromatic carbocycles. The summed E-state index contributed by atoms with van der Waals surface area (Å²) in [5.74, 6) is -0.686. The second kappa shape index (κ2) is 8.82. The molecule has 1 heterocycles. The second-order valence-corrected chi connectivity index (χ2v) is 9.34. The van der Waals surface area contributed by atoms with Crippen molar-refractivity contribution in [2.75, 3.05) is 7.11 Å². The molecule has 2 N–H and O–H groups in total. The number of aromatic nitrogens is 1. The number of nitrogens with two attached hydrogens (primary N) is 1. The van der Waals surface area contributed by atoms with Crippen molar-refractivity contribution in [1.82, 2.24) is 4.57 Å². The number of hydrogen-bond donors (Lipinski definition) is 1. The van der Waals surface area contributed by atoms with E-state index >= 15 is 0 Å². The molecule has 7 nitrogen and oxygen atoms in total. The number of nitrogens with zero attached hydrogens (tertiary/aromatic N) is 1. The van der Waals surface area contributed by atoms with Crippen molar-refractivity contribution in [3.8, 4) is 5.69 Å². The predicted octanol–water partition coefficient (Wildman–Crippen LogP) is 3.67. The van der Waals surface area contributed by atoms with Crippen LogP contribution in [0.1, 0.15) is 21.6 Å². The highest BCUT2D eigenvalue weighted by molar-refractivity contribution is 7.89. The number of fused-ring (bicyclic) bond motifs is 1. The minimum atomic E-state index is -3.85.